The molecule has 0 aliphatic carbocycles. The van der Waals surface area contributed by atoms with Crippen molar-refractivity contribution in [3.05, 3.63) is 0 Å². The first-order valence-corrected chi connectivity index (χ1v) is 16.5. The van der Waals surface area contributed by atoms with E-state index in [1.807, 2.05) is 0 Å². The molecule has 0 rings (SSSR count). The van der Waals surface area contributed by atoms with E-state index in [0.29, 0.717) is 0 Å². The summed E-state index contributed by atoms with van der Waals surface area (Å²) < 4.78 is 0.888. The van der Waals surface area contributed by atoms with Crippen molar-refractivity contribution in [2.75, 3.05) is 0 Å². The fourth-order valence-electron chi connectivity index (χ4n) is 0.752. The molecule has 4 heteroatoms. The second kappa shape index (κ2) is 6.21. The number of rotatable bonds is 5. The molecule has 0 aliphatic rings. The summed E-state index contributed by atoms with van der Waals surface area (Å²) in [6.45, 7) is 2.18. The van der Waals surface area contributed by atoms with E-state index < -0.39 is 15.0 Å². The van der Waals surface area contributed by atoms with E-state index in [4.69, 9.17) is 26.8 Å². The van der Waals surface area contributed by atoms with E-state index in [-0.39, 0.29) is 0 Å². The zero-order valence-corrected chi connectivity index (χ0v) is 11.3. The number of hydrogen-bond acceptors (Lipinski definition) is 0. The van der Waals surface area contributed by atoms with E-state index >= 15 is 0 Å². The third-order valence-corrected chi connectivity index (χ3v) is 7.74. The van der Waals surface area contributed by atoms with E-state index in [9.17, 15) is 0 Å². The van der Waals surface area contributed by atoms with Crippen molar-refractivity contribution in [3.63, 3.8) is 0 Å². The van der Waals surface area contributed by atoms with Gasteiger partial charge in [-0.15, -0.1) is 0 Å². The number of halogens is 3. The van der Waals surface area contributed by atoms with Crippen molar-refractivity contribution < 1.29 is 0 Å². The predicted molar refractivity (Wildman–Crippen MR) is 52.3 cm³/mol. The van der Waals surface area contributed by atoms with Gasteiger partial charge in [0.2, 0.25) is 0 Å². The Bertz CT molecular complexity index is 79.6. The summed E-state index contributed by atoms with van der Waals surface area (Å²) in [4.78, 5) is 0. The molecule has 62 valence electrons. The molecule has 0 fully saturated rings. The fourth-order valence-corrected chi connectivity index (χ4v) is 5.30. The van der Waals surface area contributed by atoms with Gasteiger partial charge < -0.3 is 0 Å². The molecule has 0 heterocycles. The molecular formula is C6H13Cl3Sn. The van der Waals surface area contributed by atoms with Gasteiger partial charge in [-0.25, -0.2) is 0 Å². The first-order chi connectivity index (χ1) is 4.56. The van der Waals surface area contributed by atoms with Crippen LogP contribution in [0.1, 0.15) is 32.6 Å². The summed E-state index contributed by atoms with van der Waals surface area (Å²) in [6, 6.07) is 0. The zero-order chi connectivity index (χ0) is 8.04. The van der Waals surface area contributed by atoms with Gasteiger partial charge in [-0.05, 0) is 0 Å². The minimum absolute atomic E-state index is 0.888. The molecule has 0 spiro atoms. The van der Waals surface area contributed by atoms with E-state index in [1.165, 1.54) is 19.3 Å². The van der Waals surface area contributed by atoms with Gasteiger partial charge in [0.1, 0.15) is 0 Å². The van der Waals surface area contributed by atoms with Crippen molar-refractivity contribution in [3.8, 4) is 0 Å². The van der Waals surface area contributed by atoms with Crippen LogP contribution in [0.25, 0.3) is 0 Å². The van der Waals surface area contributed by atoms with Crippen molar-refractivity contribution >= 4 is 41.8 Å². The molecule has 0 aromatic heterocycles. The van der Waals surface area contributed by atoms with E-state index in [2.05, 4.69) is 6.92 Å². The van der Waals surface area contributed by atoms with Crippen LogP contribution in [0.4, 0.5) is 0 Å². The Balaban J connectivity index is 3.04. The second-order valence-corrected chi connectivity index (χ2v) is 24.2. The van der Waals surface area contributed by atoms with Crippen LogP contribution in [0.3, 0.4) is 0 Å². The standard InChI is InChI=1S/C6H13.3ClH.Sn/c1-3-5-6-4-2;;;;/h1,3-6H2,2H3;3*1H;/q;;;;+3/p-3. The molecule has 0 saturated carbocycles. The van der Waals surface area contributed by atoms with Crippen molar-refractivity contribution in [1.82, 2.24) is 0 Å². The molecule has 0 aliphatic heterocycles. The van der Waals surface area contributed by atoms with Gasteiger partial charge >= 0.3 is 78.8 Å². The fraction of sp³-hybridized carbons (Fsp3) is 1.00. The van der Waals surface area contributed by atoms with Crippen LogP contribution in [0.2, 0.25) is 4.44 Å². The molecular weight excluding hydrogens is 297 g/mol. The summed E-state index contributed by atoms with van der Waals surface area (Å²) in [7, 11) is 17.3. The first-order valence-electron chi connectivity index (χ1n) is 3.63. The molecule has 0 bridgehead atoms. The predicted octanol–water partition coefficient (Wildman–Crippen LogP) is 4.22. The Morgan fingerprint density at radius 1 is 1.00 bits per heavy atom. The Hall–Kier alpha value is 1.67. The quantitative estimate of drug-likeness (QED) is 0.527. The third kappa shape index (κ3) is 9.67. The second-order valence-electron chi connectivity index (χ2n) is 2.43. The first kappa shape index (κ1) is 11.7. The molecule has 0 N–H and O–H groups in total. The molecule has 0 radical (unpaired) electrons. The topological polar surface area (TPSA) is 0 Å². The molecule has 0 aromatic rings. The van der Waals surface area contributed by atoms with Crippen LogP contribution < -0.4 is 0 Å². The van der Waals surface area contributed by atoms with Gasteiger partial charge in [0.25, 0.3) is 0 Å². The van der Waals surface area contributed by atoms with E-state index in [0.717, 1.165) is 10.9 Å². The summed E-state index contributed by atoms with van der Waals surface area (Å²) in [5.41, 5.74) is 0. The zero-order valence-electron chi connectivity index (χ0n) is 6.17. The minimum atomic E-state index is -2.93. The van der Waals surface area contributed by atoms with Crippen molar-refractivity contribution in [2.45, 2.75) is 37.0 Å². The van der Waals surface area contributed by atoms with Crippen LogP contribution in [0.5, 0.6) is 0 Å². The van der Waals surface area contributed by atoms with Crippen LogP contribution in [0, 0.1) is 0 Å². The molecule has 0 nitrogen and oxygen atoms in total. The van der Waals surface area contributed by atoms with Gasteiger partial charge in [0, 0.05) is 0 Å². The summed E-state index contributed by atoms with van der Waals surface area (Å²) in [5.74, 6) is 0. The average molecular weight is 310 g/mol. The molecule has 0 aromatic carbocycles. The summed E-state index contributed by atoms with van der Waals surface area (Å²) in [5, 5.41) is 0. The van der Waals surface area contributed by atoms with Gasteiger partial charge in [-0.3, -0.25) is 0 Å². The SMILES string of the molecule is CCCCC[CH2][Sn]([Cl])([Cl])[Cl]. The summed E-state index contributed by atoms with van der Waals surface area (Å²) >= 11 is -2.93. The van der Waals surface area contributed by atoms with Gasteiger partial charge in [0.15, 0.2) is 0 Å². The van der Waals surface area contributed by atoms with Crippen LogP contribution in [-0.4, -0.2) is 15.0 Å². The van der Waals surface area contributed by atoms with E-state index in [1.54, 1.807) is 0 Å². The van der Waals surface area contributed by atoms with Crippen molar-refractivity contribution in [1.29, 1.82) is 0 Å². The number of hydrogen-bond donors (Lipinski definition) is 0. The maximum atomic E-state index is 5.75. The number of unbranched alkanes of at least 4 members (excludes halogenated alkanes) is 3. The van der Waals surface area contributed by atoms with Crippen LogP contribution in [0.15, 0.2) is 0 Å². The molecule has 10 heavy (non-hydrogen) atoms. The third-order valence-electron chi connectivity index (χ3n) is 1.31. The van der Waals surface area contributed by atoms with Crippen LogP contribution >= 0.6 is 26.8 Å². The molecule has 0 amide bonds. The van der Waals surface area contributed by atoms with Crippen molar-refractivity contribution in [2.24, 2.45) is 0 Å². The normalized spacial score (nSPS) is 12.0. The van der Waals surface area contributed by atoms with Gasteiger partial charge in [-0.1, -0.05) is 0 Å². The maximum absolute atomic E-state index is 5.75. The monoisotopic (exact) mass is 310 g/mol. The summed E-state index contributed by atoms with van der Waals surface area (Å²) in [6.07, 6.45) is 4.85. The Labute approximate surface area is 78.2 Å². The molecule has 0 saturated heterocycles. The van der Waals surface area contributed by atoms with Gasteiger partial charge in [-0.2, -0.15) is 0 Å². The van der Waals surface area contributed by atoms with Gasteiger partial charge in [0.05, 0.1) is 0 Å². The Morgan fingerprint density at radius 2 is 1.60 bits per heavy atom. The molecule has 0 unspecified atom stereocenters. The molecule has 0 atom stereocenters. The average Bonchev–Trinajstić information content (AvgIpc) is 1.78. The Kier molecular flexibility index (Phi) is 7.25. The van der Waals surface area contributed by atoms with Crippen LogP contribution in [-0.2, 0) is 0 Å². The Morgan fingerprint density at radius 3 is 2.00 bits per heavy atom.